The maximum Gasteiger partial charge on any atom is 0.338 e. The molecule has 2 N–H and O–H groups in total. The third-order valence-corrected chi connectivity index (χ3v) is 13.6. The number of ether oxygens (including phenoxy) is 3. The highest BCUT2D eigenvalue weighted by molar-refractivity contribution is 6.05. The Balaban J connectivity index is 1.26. The number of Topliss-reactive ketones (excluding diaryl/α,β-unsaturated/α-hetero) is 1. The average molecular weight is 794 g/mol. The van der Waals surface area contributed by atoms with Crippen LogP contribution in [0.1, 0.15) is 68.1 Å². The van der Waals surface area contributed by atoms with E-state index in [1.54, 1.807) is 19.9 Å². The molecule has 0 aromatic heterocycles. The summed E-state index contributed by atoms with van der Waals surface area (Å²) in [6.07, 6.45) is 2.23. The standard InChI is InChI=1S/C48H47N3O8/c1-29-25-39-45(55,41(29)53)27-32(28-57-47(34-15-9-6-10-16-34,35-17-11-7-12-18-35)36-19-13-8-14-20-36)26-38-40-44(4,5)48(40,59-31(3)52)42(30(2)46(38,39)56)58-43(54)33-21-23-37(24-22-33)50-51-49/h6-26,30,38-40,42,55-56H,27-28H2,1-5H3/t30-,38+,39-,40-,42-,45-,46-,48-/m1/s1. The van der Waals surface area contributed by atoms with Gasteiger partial charge >= 0.3 is 11.9 Å². The Kier molecular flexibility index (Phi) is 9.80. The second kappa shape index (κ2) is 14.5. The summed E-state index contributed by atoms with van der Waals surface area (Å²) in [5.74, 6) is -5.33. The number of fused-ring (bicyclic) bond motifs is 5. The highest BCUT2D eigenvalue weighted by Crippen LogP contribution is 2.77. The molecule has 302 valence electrons. The van der Waals surface area contributed by atoms with E-state index in [1.807, 2.05) is 111 Å². The first-order valence-corrected chi connectivity index (χ1v) is 19.9. The number of azide groups is 1. The Morgan fingerprint density at radius 2 is 1.41 bits per heavy atom. The second-order valence-corrected chi connectivity index (χ2v) is 17.0. The monoisotopic (exact) mass is 793 g/mol. The van der Waals surface area contributed by atoms with Crippen molar-refractivity contribution < 1.29 is 38.8 Å². The van der Waals surface area contributed by atoms with Crippen LogP contribution in [-0.4, -0.2) is 57.4 Å². The fourth-order valence-electron chi connectivity index (χ4n) is 10.9. The van der Waals surface area contributed by atoms with Gasteiger partial charge in [-0.1, -0.05) is 141 Å². The molecule has 0 bridgehead atoms. The third kappa shape index (κ3) is 5.98. The normalized spacial score (nSPS) is 30.2. The van der Waals surface area contributed by atoms with Gasteiger partial charge in [0.1, 0.15) is 17.3 Å². The Morgan fingerprint density at radius 1 is 0.864 bits per heavy atom. The quantitative estimate of drug-likeness (QED) is 0.0404. The average Bonchev–Trinajstić information content (AvgIpc) is 3.65. The molecule has 4 aliphatic rings. The lowest BCUT2D eigenvalue weighted by Gasteiger charge is -2.53. The van der Waals surface area contributed by atoms with Gasteiger partial charge in [-0.2, -0.15) is 0 Å². The number of benzene rings is 4. The molecule has 11 nitrogen and oxygen atoms in total. The Bertz CT molecular complexity index is 2310. The fraction of sp³-hybridized carbons (Fsp3) is 0.354. The van der Waals surface area contributed by atoms with E-state index in [4.69, 9.17) is 19.7 Å². The molecule has 8 atom stereocenters. The van der Waals surface area contributed by atoms with Crippen molar-refractivity contribution in [2.24, 2.45) is 34.2 Å². The zero-order valence-electron chi connectivity index (χ0n) is 33.6. The lowest BCUT2D eigenvalue weighted by molar-refractivity contribution is -0.219. The first kappa shape index (κ1) is 40.0. The molecule has 0 heterocycles. The van der Waals surface area contributed by atoms with Crippen molar-refractivity contribution in [3.63, 3.8) is 0 Å². The summed E-state index contributed by atoms with van der Waals surface area (Å²) in [5.41, 5.74) is 5.51. The van der Waals surface area contributed by atoms with Gasteiger partial charge in [-0.3, -0.25) is 9.59 Å². The highest BCUT2D eigenvalue weighted by atomic mass is 16.6. The maximum atomic E-state index is 14.2. The van der Waals surface area contributed by atoms with Crippen LogP contribution in [-0.2, 0) is 29.4 Å². The number of hydrogen-bond donors (Lipinski definition) is 2. The smallest absolute Gasteiger partial charge is 0.338 e. The third-order valence-electron chi connectivity index (χ3n) is 13.6. The summed E-state index contributed by atoms with van der Waals surface area (Å²) in [6, 6.07) is 35.5. The molecule has 59 heavy (non-hydrogen) atoms. The number of nitrogens with zero attached hydrogens (tertiary/aromatic N) is 3. The lowest BCUT2D eigenvalue weighted by atomic mass is 9.59. The van der Waals surface area contributed by atoms with Crippen molar-refractivity contribution in [1.29, 1.82) is 0 Å². The van der Waals surface area contributed by atoms with E-state index >= 15 is 0 Å². The molecule has 0 saturated heterocycles. The van der Waals surface area contributed by atoms with Crippen molar-refractivity contribution in [1.82, 2.24) is 0 Å². The zero-order chi connectivity index (χ0) is 42.0. The van der Waals surface area contributed by atoms with Gasteiger partial charge < -0.3 is 24.4 Å². The van der Waals surface area contributed by atoms with Crippen LogP contribution in [0.15, 0.2) is 144 Å². The van der Waals surface area contributed by atoms with E-state index in [1.165, 1.54) is 31.2 Å². The molecule has 8 rings (SSSR count). The predicted molar refractivity (Wildman–Crippen MR) is 219 cm³/mol. The maximum absolute atomic E-state index is 14.2. The summed E-state index contributed by atoms with van der Waals surface area (Å²) < 4.78 is 19.9. The van der Waals surface area contributed by atoms with Crippen LogP contribution < -0.4 is 0 Å². The molecule has 0 unspecified atom stereocenters. The molecule has 0 spiro atoms. The summed E-state index contributed by atoms with van der Waals surface area (Å²) in [5, 5.41) is 29.8. The minimum atomic E-state index is -2.07. The molecule has 0 aliphatic heterocycles. The van der Waals surface area contributed by atoms with E-state index in [0.29, 0.717) is 16.8 Å². The van der Waals surface area contributed by atoms with Crippen molar-refractivity contribution in [3.8, 4) is 0 Å². The molecular formula is C48H47N3O8. The molecule has 4 aliphatic carbocycles. The van der Waals surface area contributed by atoms with Gasteiger partial charge in [-0.25, -0.2) is 4.79 Å². The van der Waals surface area contributed by atoms with Crippen molar-refractivity contribution in [2.45, 2.75) is 69.5 Å². The SMILES string of the molecule is CC(=O)O[C@@]12[C@H](OC(=O)c3ccc(N=[N+]=[N-])cc3)[C@@H](C)[C@@]3(O)[C@@H](C=C(COC(c4ccccc4)(c4ccccc4)c4ccccc4)C[C@]4(O)C(=O)C(C)=C[C@@H]34)[C@@H]1C2(C)C. The Labute approximate surface area is 343 Å². The van der Waals surface area contributed by atoms with Gasteiger partial charge in [-0.15, -0.1) is 0 Å². The Morgan fingerprint density at radius 3 is 1.92 bits per heavy atom. The Hall–Kier alpha value is -5.84. The van der Waals surface area contributed by atoms with Crippen LogP contribution in [0.2, 0.25) is 0 Å². The van der Waals surface area contributed by atoms with Gasteiger partial charge in [0.05, 0.1) is 17.8 Å². The molecule has 2 fully saturated rings. The number of aliphatic hydroxyl groups is 2. The van der Waals surface area contributed by atoms with E-state index in [2.05, 4.69) is 10.0 Å². The van der Waals surface area contributed by atoms with Crippen LogP contribution in [0.25, 0.3) is 10.4 Å². The molecule has 0 radical (unpaired) electrons. The predicted octanol–water partition coefficient (Wildman–Crippen LogP) is 8.32. The number of esters is 2. The van der Waals surface area contributed by atoms with Crippen LogP contribution in [0.5, 0.6) is 0 Å². The van der Waals surface area contributed by atoms with E-state index < -0.39 is 75.3 Å². The van der Waals surface area contributed by atoms with Crippen LogP contribution >= 0.6 is 0 Å². The van der Waals surface area contributed by atoms with Gasteiger partial charge in [0.15, 0.2) is 11.4 Å². The molecule has 2 saturated carbocycles. The van der Waals surface area contributed by atoms with Crippen molar-refractivity contribution >= 4 is 23.4 Å². The number of hydrogen-bond acceptors (Lipinski definition) is 9. The van der Waals surface area contributed by atoms with Gasteiger partial charge in [-0.05, 0) is 52.4 Å². The molecular weight excluding hydrogens is 747 g/mol. The van der Waals surface area contributed by atoms with E-state index in [0.717, 1.165) is 16.7 Å². The van der Waals surface area contributed by atoms with Crippen molar-refractivity contribution in [2.75, 3.05) is 6.61 Å². The van der Waals surface area contributed by atoms with Crippen LogP contribution in [0, 0.1) is 29.1 Å². The van der Waals surface area contributed by atoms with Gasteiger partial charge in [0.25, 0.3) is 0 Å². The van der Waals surface area contributed by atoms with Crippen molar-refractivity contribution in [3.05, 3.63) is 171 Å². The molecule has 4 aromatic rings. The number of ketones is 1. The first-order valence-electron chi connectivity index (χ1n) is 19.9. The first-order chi connectivity index (χ1) is 28.2. The topological polar surface area (TPSA) is 168 Å². The lowest BCUT2D eigenvalue weighted by Crippen LogP contribution is -2.66. The fourth-order valence-corrected chi connectivity index (χ4v) is 10.9. The largest absolute Gasteiger partial charge is 0.454 e. The molecule has 11 heteroatoms. The summed E-state index contributed by atoms with van der Waals surface area (Å²) in [7, 11) is 0. The minimum Gasteiger partial charge on any atom is -0.454 e. The number of rotatable bonds is 10. The van der Waals surface area contributed by atoms with E-state index in [-0.39, 0.29) is 18.6 Å². The van der Waals surface area contributed by atoms with Gasteiger partial charge in [0.2, 0.25) is 0 Å². The number of carbonyl (C=O) groups is 3. The number of carbonyl (C=O) groups excluding carboxylic acids is 3. The summed E-state index contributed by atoms with van der Waals surface area (Å²) in [4.78, 5) is 44.0. The van der Waals surface area contributed by atoms with Crippen LogP contribution in [0.4, 0.5) is 5.69 Å². The minimum absolute atomic E-state index is 0.0427. The van der Waals surface area contributed by atoms with Gasteiger partial charge in [0, 0.05) is 53.0 Å². The summed E-state index contributed by atoms with van der Waals surface area (Å²) in [6.45, 7) is 8.45. The molecule has 4 aromatic carbocycles. The zero-order valence-corrected chi connectivity index (χ0v) is 33.6. The molecule has 0 amide bonds. The summed E-state index contributed by atoms with van der Waals surface area (Å²) >= 11 is 0. The van der Waals surface area contributed by atoms with Crippen LogP contribution in [0.3, 0.4) is 0 Å². The highest BCUT2D eigenvalue weighted by Gasteiger charge is 2.88. The second-order valence-electron chi connectivity index (χ2n) is 17.0. The van der Waals surface area contributed by atoms with E-state index in [9.17, 15) is 24.6 Å².